The van der Waals surface area contributed by atoms with Crippen LogP contribution in [0.5, 0.6) is 5.75 Å². The van der Waals surface area contributed by atoms with Crippen molar-refractivity contribution < 1.29 is 14.3 Å². The van der Waals surface area contributed by atoms with Crippen LogP contribution >= 0.6 is 11.6 Å². The summed E-state index contributed by atoms with van der Waals surface area (Å²) in [5.74, 6) is 0.517. The van der Waals surface area contributed by atoms with E-state index in [4.69, 9.17) is 16.3 Å². The smallest absolute Gasteiger partial charge is 0.348 e. The highest BCUT2D eigenvalue weighted by atomic mass is 35.5. The molecule has 3 rings (SSSR count). The van der Waals surface area contributed by atoms with E-state index in [1.807, 2.05) is 12.1 Å². The van der Waals surface area contributed by atoms with Gasteiger partial charge in [0.05, 0.1) is 7.11 Å². The molecular formula is C19H17ClN4O3. The molecule has 27 heavy (non-hydrogen) atoms. The number of hydrogen-bond acceptors (Lipinski definition) is 3. The van der Waals surface area contributed by atoms with Gasteiger partial charge in [0, 0.05) is 17.8 Å². The number of likely N-dealkylation sites (N-methyl/N-ethyl adjacent to an activating group) is 1. The molecule has 1 heterocycles. The van der Waals surface area contributed by atoms with Gasteiger partial charge in [-0.25, -0.2) is 4.79 Å². The molecule has 7 nitrogen and oxygen atoms in total. The number of guanidine groups is 1. The Morgan fingerprint density at radius 1 is 1.26 bits per heavy atom. The van der Waals surface area contributed by atoms with Crippen LogP contribution < -0.4 is 15.4 Å². The zero-order chi connectivity index (χ0) is 19.4. The summed E-state index contributed by atoms with van der Waals surface area (Å²) < 4.78 is 5.12. The molecule has 2 aromatic rings. The van der Waals surface area contributed by atoms with Gasteiger partial charge in [-0.05, 0) is 42.0 Å². The zero-order valence-corrected chi connectivity index (χ0v) is 15.4. The van der Waals surface area contributed by atoms with E-state index in [1.54, 1.807) is 56.6 Å². The predicted molar refractivity (Wildman–Crippen MR) is 105 cm³/mol. The number of ether oxygens (including phenoxy) is 1. The molecule has 0 saturated carbocycles. The predicted octanol–water partition coefficient (Wildman–Crippen LogP) is 3.34. The number of halogens is 1. The van der Waals surface area contributed by atoms with Crippen LogP contribution in [-0.2, 0) is 4.79 Å². The van der Waals surface area contributed by atoms with E-state index in [0.29, 0.717) is 16.4 Å². The SMILES string of the molecule is COc1ccc(C=C2C(=O)NC(=NC(=O)Nc3cccc(Cl)c3)N2C)cc1. The number of amides is 3. The van der Waals surface area contributed by atoms with Crippen molar-refractivity contribution in [2.45, 2.75) is 0 Å². The Morgan fingerprint density at radius 3 is 2.67 bits per heavy atom. The van der Waals surface area contributed by atoms with Gasteiger partial charge in [-0.15, -0.1) is 0 Å². The summed E-state index contributed by atoms with van der Waals surface area (Å²) in [6.07, 6.45) is 1.70. The minimum absolute atomic E-state index is 0.138. The van der Waals surface area contributed by atoms with Crippen molar-refractivity contribution in [2.75, 3.05) is 19.5 Å². The largest absolute Gasteiger partial charge is 0.497 e. The molecule has 0 unspecified atom stereocenters. The summed E-state index contributed by atoms with van der Waals surface area (Å²) in [4.78, 5) is 29.8. The molecule has 1 saturated heterocycles. The van der Waals surface area contributed by atoms with Crippen molar-refractivity contribution in [3.8, 4) is 5.75 Å². The van der Waals surface area contributed by atoms with Gasteiger partial charge in [0.2, 0.25) is 5.96 Å². The van der Waals surface area contributed by atoms with Crippen molar-refractivity contribution in [1.82, 2.24) is 10.2 Å². The Kier molecular flexibility index (Phi) is 5.42. The van der Waals surface area contributed by atoms with E-state index in [1.165, 1.54) is 4.90 Å². The molecule has 8 heteroatoms. The Labute approximate surface area is 161 Å². The summed E-state index contributed by atoms with van der Waals surface area (Å²) in [6.45, 7) is 0. The van der Waals surface area contributed by atoms with Crippen LogP contribution in [0.25, 0.3) is 6.08 Å². The van der Waals surface area contributed by atoms with E-state index < -0.39 is 6.03 Å². The third kappa shape index (κ3) is 4.45. The molecule has 138 valence electrons. The molecule has 0 aromatic heterocycles. The van der Waals surface area contributed by atoms with Crippen molar-refractivity contribution in [2.24, 2.45) is 4.99 Å². The summed E-state index contributed by atoms with van der Waals surface area (Å²) in [7, 11) is 3.24. The summed E-state index contributed by atoms with van der Waals surface area (Å²) in [6, 6.07) is 13.3. The fraction of sp³-hybridized carbons (Fsp3) is 0.105. The summed E-state index contributed by atoms with van der Waals surface area (Å²) >= 11 is 5.89. The Bertz CT molecular complexity index is 938. The quantitative estimate of drug-likeness (QED) is 0.795. The minimum Gasteiger partial charge on any atom is -0.497 e. The van der Waals surface area contributed by atoms with Crippen molar-refractivity contribution >= 4 is 41.3 Å². The average molecular weight is 385 g/mol. The molecule has 1 aliphatic heterocycles. The minimum atomic E-state index is -0.620. The lowest BCUT2D eigenvalue weighted by Crippen LogP contribution is -2.29. The molecule has 0 aliphatic carbocycles. The Morgan fingerprint density at radius 2 is 2.00 bits per heavy atom. The molecule has 1 fully saturated rings. The molecular weight excluding hydrogens is 368 g/mol. The highest BCUT2D eigenvalue weighted by Crippen LogP contribution is 2.19. The van der Waals surface area contributed by atoms with Gasteiger partial charge < -0.3 is 15.0 Å². The molecule has 2 N–H and O–H groups in total. The fourth-order valence-corrected chi connectivity index (χ4v) is 2.64. The standard InChI is InChI=1S/C19H17ClN4O3/c1-24-16(10-12-6-8-15(27-2)9-7-12)17(25)22-18(24)23-19(26)21-14-5-3-4-13(20)11-14/h3-11H,1-2H3,(H2,21,22,23,25,26). The maximum Gasteiger partial charge on any atom is 0.348 e. The van der Waals surface area contributed by atoms with Gasteiger partial charge in [0.1, 0.15) is 11.4 Å². The number of carbonyl (C=O) groups is 2. The highest BCUT2D eigenvalue weighted by Gasteiger charge is 2.29. The molecule has 1 aliphatic rings. The molecule has 0 bridgehead atoms. The molecule has 2 aromatic carbocycles. The van der Waals surface area contributed by atoms with Crippen LogP contribution in [0.2, 0.25) is 5.02 Å². The highest BCUT2D eigenvalue weighted by molar-refractivity contribution is 6.30. The lowest BCUT2D eigenvalue weighted by atomic mass is 10.2. The second-order valence-electron chi connectivity index (χ2n) is 5.69. The molecule has 3 amide bonds. The third-order valence-corrected chi connectivity index (χ3v) is 4.07. The first kappa shape index (κ1) is 18.5. The number of methoxy groups -OCH3 is 1. The van der Waals surface area contributed by atoms with Crippen molar-refractivity contribution in [3.63, 3.8) is 0 Å². The van der Waals surface area contributed by atoms with Gasteiger partial charge in [-0.3, -0.25) is 10.1 Å². The maximum atomic E-state index is 12.2. The van der Waals surface area contributed by atoms with Crippen molar-refractivity contribution in [3.05, 3.63) is 64.8 Å². The number of urea groups is 1. The molecule has 0 radical (unpaired) electrons. The van der Waals surface area contributed by atoms with Crippen LogP contribution in [0.1, 0.15) is 5.56 Å². The van der Waals surface area contributed by atoms with Gasteiger partial charge in [0.15, 0.2) is 0 Å². The first-order valence-electron chi connectivity index (χ1n) is 8.02. The van der Waals surface area contributed by atoms with E-state index >= 15 is 0 Å². The van der Waals surface area contributed by atoms with Crippen LogP contribution in [0.4, 0.5) is 10.5 Å². The van der Waals surface area contributed by atoms with Crippen LogP contribution in [0.15, 0.2) is 59.2 Å². The van der Waals surface area contributed by atoms with E-state index in [0.717, 1.165) is 11.3 Å². The molecule has 0 spiro atoms. The van der Waals surface area contributed by atoms with Gasteiger partial charge in [-0.2, -0.15) is 4.99 Å². The van der Waals surface area contributed by atoms with Crippen LogP contribution in [-0.4, -0.2) is 37.0 Å². The normalized spacial score (nSPS) is 16.6. The van der Waals surface area contributed by atoms with Crippen LogP contribution in [0.3, 0.4) is 0 Å². The zero-order valence-electron chi connectivity index (χ0n) is 14.7. The maximum absolute atomic E-state index is 12.2. The van der Waals surface area contributed by atoms with Gasteiger partial charge >= 0.3 is 6.03 Å². The Balaban J connectivity index is 1.76. The van der Waals surface area contributed by atoms with E-state index in [-0.39, 0.29) is 11.9 Å². The van der Waals surface area contributed by atoms with Crippen LogP contribution in [0, 0.1) is 0 Å². The van der Waals surface area contributed by atoms with E-state index in [9.17, 15) is 9.59 Å². The third-order valence-electron chi connectivity index (χ3n) is 3.84. The monoisotopic (exact) mass is 384 g/mol. The number of benzene rings is 2. The summed E-state index contributed by atoms with van der Waals surface area (Å²) in [5.41, 5.74) is 1.70. The number of nitrogens with zero attached hydrogens (tertiary/aromatic N) is 2. The first-order chi connectivity index (χ1) is 13.0. The second-order valence-corrected chi connectivity index (χ2v) is 6.13. The summed E-state index contributed by atoms with van der Waals surface area (Å²) in [5, 5.41) is 5.68. The number of anilines is 1. The van der Waals surface area contributed by atoms with Gasteiger partial charge in [-0.1, -0.05) is 29.8 Å². The average Bonchev–Trinajstić information content (AvgIpc) is 2.89. The van der Waals surface area contributed by atoms with Crippen molar-refractivity contribution in [1.29, 1.82) is 0 Å². The topological polar surface area (TPSA) is 83.0 Å². The number of hydrogen-bond donors (Lipinski definition) is 2. The second kappa shape index (κ2) is 7.92. The fourth-order valence-electron chi connectivity index (χ4n) is 2.45. The number of nitrogens with one attached hydrogen (secondary N) is 2. The number of carbonyl (C=O) groups excluding carboxylic acids is 2. The number of rotatable bonds is 3. The first-order valence-corrected chi connectivity index (χ1v) is 8.40. The Hall–Kier alpha value is -3.32. The number of aliphatic imine (C=N–C) groups is 1. The lowest BCUT2D eigenvalue weighted by molar-refractivity contribution is -0.115. The lowest BCUT2D eigenvalue weighted by Gasteiger charge is -2.11. The molecule has 0 atom stereocenters. The van der Waals surface area contributed by atoms with Gasteiger partial charge in [0.25, 0.3) is 5.91 Å². The van der Waals surface area contributed by atoms with E-state index in [2.05, 4.69) is 15.6 Å².